The van der Waals surface area contributed by atoms with Gasteiger partial charge in [0.2, 0.25) is 0 Å². The van der Waals surface area contributed by atoms with Crippen LogP contribution < -0.4 is 5.90 Å². The minimum atomic E-state index is 0.174. The molecule has 0 aromatic rings. The van der Waals surface area contributed by atoms with E-state index in [2.05, 4.69) is 18.9 Å². The van der Waals surface area contributed by atoms with Gasteiger partial charge < -0.3 is 4.84 Å². The Morgan fingerprint density at radius 3 is 2.82 bits per heavy atom. The van der Waals surface area contributed by atoms with Gasteiger partial charge in [0.15, 0.2) is 0 Å². The van der Waals surface area contributed by atoms with Crippen LogP contribution in [0.3, 0.4) is 0 Å². The van der Waals surface area contributed by atoms with Crippen molar-refractivity contribution in [2.75, 3.05) is 20.2 Å². The summed E-state index contributed by atoms with van der Waals surface area (Å²) in [7, 11) is 2.14. The second kappa shape index (κ2) is 3.52. The van der Waals surface area contributed by atoms with Gasteiger partial charge in [-0.2, -0.15) is 0 Å². The number of nitrogens with two attached hydrogens (primary N) is 1. The lowest BCUT2D eigenvalue weighted by molar-refractivity contribution is -0.00783. The number of rotatable bonds is 2. The lowest BCUT2D eigenvalue weighted by Gasteiger charge is -2.41. The predicted octanol–water partition coefficient (Wildman–Crippen LogP) is 0.751. The molecule has 1 atom stereocenters. The van der Waals surface area contributed by atoms with Crippen LogP contribution in [0.1, 0.15) is 26.2 Å². The van der Waals surface area contributed by atoms with Crippen molar-refractivity contribution in [3.8, 4) is 0 Å². The summed E-state index contributed by atoms with van der Waals surface area (Å²) < 4.78 is 0. The van der Waals surface area contributed by atoms with Crippen LogP contribution in [0.25, 0.3) is 0 Å². The van der Waals surface area contributed by atoms with Crippen LogP contribution in [0.4, 0.5) is 0 Å². The number of nitrogens with zero attached hydrogens (tertiary/aromatic N) is 1. The van der Waals surface area contributed by atoms with Crippen molar-refractivity contribution in [1.29, 1.82) is 0 Å². The topological polar surface area (TPSA) is 38.5 Å². The molecule has 1 fully saturated rings. The Bertz CT molecular complexity index is 125. The number of hydrogen-bond donors (Lipinski definition) is 1. The molecule has 1 heterocycles. The predicted molar refractivity (Wildman–Crippen MR) is 45.0 cm³/mol. The van der Waals surface area contributed by atoms with Crippen molar-refractivity contribution in [2.24, 2.45) is 5.90 Å². The van der Waals surface area contributed by atoms with Crippen LogP contribution >= 0.6 is 0 Å². The van der Waals surface area contributed by atoms with E-state index in [0.29, 0.717) is 6.61 Å². The molecule has 0 saturated carbocycles. The summed E-state index contributed by atoms with van der Waals surface area (Å²) in [6.07, 6.45) is 3.79. The Morgan fingerprint density at radius 1 is 1.55 bits per heavy atom. The maximum Gasteiger partial charge on any atom is 0.0860 e. The molecule has 3 nitrogen and oxygen atoms in total. The molecule has 1 aliphatic rings. The summed E-state index contributed by atoms with van der Waals surface area (Å²) in [6, 6.07) is 0. The van der Waals surface area contributed by atoms with E-state index < -0.39 is 0 Å². The largest absolute Gasteiger partial charge is 0.303 e. The summed E-state index contributed by atoms with van der Waals surface area (Å²) in [5.41, 5.74) is 0.174. The molecule has 1 saturated heterocycles. The number of hydrogen-bond acceptors (Lipinski definition) is 3. The Labute approximate surface area is 68.5 Å². The van der Waals surface area contributed by atoms with E-state index in [9.17, 15) is 0 Å². The van der Waals surface area contributed by atoms with Crippen LogP contribution in [-0.4, -0.2) is 30.6 Å². The zero-order valence-electron chi connectivity index (χ0n) is 7.47. The van der Waals surface area contributed by atoms with Crippen LogP contribution in [-0.2, 0) is 4.84 Å². The molecule has 66 valence electrons. The second-order valence-corrected chi connectivity index (χ2v) is 3.69. The molecule has 0 aromatic heterocycles. The summed E-state index contributed by atoms with van der Waals surface area (Å²) in [5.74, 6) is 5.08. The quantitative estimate of drug-likeness (QED) is 0.603. The smallest absolute Gasteiger partial charge is 0.0860 e. The van der Waals surface area contributed by atoms with Crippen LogP contribution in [0.15, 0.2) is 0 Å². The van der Waals surface area contributed by atoms with Crippen LogP contribution in [0.5, 0.6) is 0 Å². The number of likely N-dealkylation sites (N-methyl/N-ethyl adjacent to an activating group) is 1. The summed E-state index contributed by atoms with van der Waals surface area (Å²) in [6.45, 7) is 4.02. The van der Waals surface area contributed by atoms with Gasteiger partial charge in [-0.3, -0.25) is 4.90 Å². The van der Waals surface area contributed by atoms with E-state index >= 15 is 0 Å². The molecule has 0 radical (unpaired) electrons. The Morgan fingerprint density at radius 2 is 2.27 bits per heavy atom. The molecular formula is C8H18N2O. The SMILES string of the molecule is CN1CCCCC1(C)CON. The van der Waals surface area contributed by atoms with Gasteiger partial charge in [0.05, 0.1) is 6.61 Å². The normalized spacial score (nSPS) is 34.1. The number of piperidine rings is 1. The molecule has 0 aromatic carbocycles. The van der Waals surface area contributed by atoms with E-state index in [1.165, 1.54) is 25.8 Å². The fourth-order valence-corrected chi connectivity index (χ4v) is 1.68. The first-order chi connectivity index (χ1) is 5.19. The van der Waals surface area contributed by atoms with Crippen molar-refractivity contribution in [3.63, 3.8) is 0 Å². The molecule has 11 heavy (non-hydrogen) atoms. The van der Waals surface area contributed by atoms with Crippen molar-refractivity contribution in [1.82, 2.24) is 4.90 Å². The van der Waals surface area contributed by atoms with Crippen molar-refractivity contribution in [3.05, 3.63) is 0 Å². The van der Waals surface area contributed by atoms with Crippen LogP contribution in [0.2, 0.25) is 0 Å². The highest BCUT2D eigenvalue weighted by atomic mass is 16.6. The molecule has 0 aliphatic carbocycles. The lowest BCUT2D eigenvalue weighted by atomic mass is 9.90. The van der Waals surface area contributed by atoms with Gasteiger partial charge in [-0.1, -0.05) is 6.42 Å². The molecular weight excluding hydrogens is 140 g/mol. The zero-order chi connectivity index (χ0) is 8.32. The Hall–Kier alpha value is -0.120. The highest BCUT2D eigenvalue weighted by Crippen LogP contribution is 2.25. The Kier molecular flexibility index (Phi) is 2.87. The molecule has 0 amide bonds. The third kappa shape index (κ3) is 1.92. The monoisotopic (exact) mass is 158 g/mol. The average molecular weight is 158 g/mol. The molecule has 0 spiro atoms. The van der Waals surface area contributed by atoms with Crippen molar-refractivity contribution in [2.45, 2.75) is 31.7 Å². The standard InChI is InChI=1S/C8H18N2O/c1-8(7-11-9)5-3-4-6-10(8)2/h3-7,9H2,1-2H3. The van der Waals surface area contributed by atoms with E-state index in [0.717, 1.165) is 0 Å². The second-order valence-electron chi connectivity index (χ2n) is 3.69. The first-order valence-corrected chi connectivity index (χ1v) is 4.22. The molecule has 1 rings (SSSR count). The van der Waals surface area contributed by atoms with Crippen LogP contribution in [0, 0.1) is 0 Å². The summed E-state index contributed by atoms with van der Waals surface area (Å²) >= 11 is 0. The first-order valence-electron chi connectivity index (χ1n) is 4.22. The maximum absolute atomic E-state index is 5.08. The Balaban J connectivity index is 2.49. The number of likely N-dealkylation sites (tertiary alicyclic amines) is 1. The van der Waals surface area contributed by atoms with Gasteiger partial charge in [-0.15, -0.1) is 0 Å². The average Bonchev–Trinajstić information content (AvgIpc) is 1.96. The minimum absolute atomic E-state index is 0.174. The van der Waals surface area contributed by atoms with E-state index in [1.54, 1.807) is 0 Å². The van der Waals surface area contributed by atoms with Crippen molar-refractivity contribution >= 4 is 0 Å². The highest BCUT2D eigenvalue weighted by molar-refractivity contribution is 4.87. The van der Waals surface area contributed by atoms with Gasteiger partial charge in [0.1, 0.15) is 0 Å². The van der Waals surface area contributed by atoms with E-state index in [4.69, 9.17) is 10.7 Å². The lowest BCUT2D eigenvalue weighted by Crippen LogP contribution is -2.50. The summed E-state index contributed by atoms with van der Waals surface area (Å²) in [5, 5.41) is 0. The van der Waals surface area contributed by atoms with Gasteiger partial charge in [0.25, 0.3) is 0 Å². The van der Waals surface area contributed by atoms with E-state index in [-0.39, 0.29) is 5.54 Å². The van der Waals surface area contributed by atoms with Crippen molar-refractivity contribution < 1.29 is 4.84 Å². The van der Waals surface area contributed by atoms with Gasteiger partial charge in [-0.25, -0.2) is 5.90 Å². The van der Waals surface area contributed by atoms with Gasteiger partial charge in [-0.05, 0) is 33.4 Å². The molecule has 1 aliphatic heterocycles. The fraction of sp³-hybridized carbons (Fsp3) is 1.00. The first kappa shape index (κ1) is 8.97. The fourth-order valence-electron chi connectivity index (χ4n) is 1.68. The molecule has 0 bridgehead atoms. The highest BCUT2D eigenvalue weighted by Gasteiger charge is 2.31. The summed E-state index contributed by atoms with van der Waals surface area (Å²) in [4.78, 5) is 7.05. The van der Waals surface area contributed by atoms with Gasteiger partial charge in [0, 0.05) is 5.54 Å². The maximum atomic E-state index is 5.08. The molecule has 3 heteroatoms. The van der Waals surface area contributed by atoms with E-state index in [1.807, 2.05) is 0 Å². The zero-order valence-corrected chi connectivity index (χ0v) is 7.47. The molecule has 1 unspecified atom stereocenters. The third-order valence-electron chi connectivity index (χ3n) is 2.77. The molecule has 2 N–H and O–H groups in total. The third-order valence-corrected chi connectivity index (χ3v) is 2.77. The minimum Gasteiger partial charge on any atom is -0.303 e. The van der Waals surface area contributed by atoms with Gasteiger partial charge >= 0.3 is 0 Å².